The van der Waals surface area contributed by atoms with Crippen molar-refractivity contribution in [3.8, 4) is 11.5 Å². The zero-order valence-electron chi connectivity index (χ0n) is 22.1. The van der Waals surface area contributed by atoms with E-state index in [1.807, 2.05) is 11.0 Å². The van der Waals surface area contributed by atoms with Gasteiger partial charge in [-0.2, -0.15) is 0 Å². The average Bonchev–Trinajstić information content (AvgIpc) is 2.92. The third-order valence-electron chi connectivity index (χ3n) is 9.06. The van der Waals surface area contributed by atoms with Crippen molar-refractivity contribution < 1.29 is 19.1 Å². The summed E-state index contributed by atoms with van der Waals surface area (Å²) in [5.74, 6) is 2.41. The SMILES string of the molecule is CCCCN1C(=O)C(CC2CCCCC2)NC(=O)C12CCN(C(C)c1ccc3c(c1)OCCO3)CC2. The zero-order valence-corrected chi connectivity index (χ0v) is 22.1. The molecule has 36 heavy (non-hydrogen) atoms. The molecule has 2 unspecified atom stereocenters. The molecule has 2 atom stereocenters. The van der Waals surface area contributed by atoms with E-state index in [1.54, 1.807) is 0 Å². The number of piperidine rings is 1. The number of hydrogen-bond acceptors (Lipinski definition) is 5. The fourth-order valence-corrected chi connectivity index (χ4v) is 6.74. The predicted octanol–water partition coefficient (Wildman–Crippen LogP) is 4.45. The van der Waals surface area contributed by atoms with E-state index in [2.05, 4.69) is 36.2 Å². The molecule has 198 valence electrons. The van der Waals surface area contributed by atoms with Crippen LogP contribution in [0.2, 0.25) is 0 Å². The first kappa shape index (κ1) is 25.4. The van der Waals surface area contributed by atoms with Gasteiger partial charge in [0.25, 0.3) is 0 Å². The van der Waals surface area contributed by atoms with Gasteiger partial charge in [0.1, 0.15) is 24.8 Å². The van der Waals surface area contributed by atoms with Crippen molar-refractivity contribution >= 4 is 11.8 Å². The first-order chi connectivity index (χ1) is 17.5. The van der Waals surface area contributed by atoms with Crippen LogP contribution in [0.15, 0.2) is 18.2 Å². The van der Waals surface area contributed by atoms with Gasteiger partial charge in [0.2, 0.25) is 11.8 Å². The van der Waals surface area contributed by atoms with Gasteiger partial charge in [0.05, 0.1) is 0 Å². The standard InChI is InChI=1S/C29H43N3O4/c1-3-4-14-32-27(33)24(19-22-8-6-5-7-9-22)30-28(34)29(32)12-15-31(16-13-29)21(2)23-10-11-25-26(20-23)36-18-17-35-25/h10-11,20-22,24H,3-9,12-19H2,1-2H3,(H,30,34). The summed E-state index contributed by atoms with van der Waals surface area (Å²) in [5.41, 5.74) is 0.480. The number of carbonyl (C=O) groups excluding carboxylic acids is 2. The Kier molecular flexibility index (Phi) is 7.75. The number of likely N-dealkylation sites (tertiary alicyclic amines) is 1. The Morgan fingerprint density at radius 1 is 1.06 bits per heavy atom. The topological polar surface area (TPSA) is 71.1 Å². The molecule has 0 aromatic heterocycles. The summed E-state index contributed by atoms with van der Waals surface area (Å²) >= 11 is 0. The van der Waals surface area contributed by atoms with Crippen LogP contribution in [0.5, 0.6) is 11.5 Å². The molecule has 1 aromatic rings. The van der Waals surface area contributed by atoms with E-state index in [-0.39, 0.29) is 23.9 Å². The molecular formula is C29H43N3O4. The normalized spacial score (nSPS) is 25.6. The summed E-state index contributed by atoms with van der Waals surface area (Å²) in [6.45, 7) is 7.78. The number of benzene rings is 1. The minimum absolute atomic E-state index is 0.0747. The average molecular weight is 498 g/mol. The van der Waals surface area contributed by atoms with Crippen LogP contribution in [0.3, 0.4) is 0 Å². The van der Waals surface area contributed by atoms with Crippen molar-refractivity contribution in [2.24, 2.45) is 5.92 Å². The van der Waals surface area contributed by atoms with Crippen LogP contribution in [0.25, 0.3) is 0 Å². The predicted molar refractivity (Wildman–Crippen MR) is 139 cm³/mol. The fourth-order valence-electron chi connectivity index (χ4n) is 6.74. The number of unbranched alkanes of at least 4 members (excludes halogenated alkanes) is 1. The highest BCUT2D eigenvalue weighted by atomic mass is 16.6. The lowest BCUT2D eigenvalue weighted by molar-refractivity contribution is -0.162. The Morgan fingerprint density at radius 3 is 2.50 bits per heavy atom. The van der Waals surface area contributed by atoms with Crippen molar-refractivity contribution in [2.45, 2.75) is 95.7 Å². The first-order valence-corrected chi connectivity index (χ1v) is 14.3. The Balaban J connectivity index is 1.28. The maximum atomic E-state index is 13.8. The van der Waals surface area contributed by atoms with Crippen molar-refractivity contribution in [3.05, 3.63) is 23.8 Å². The summed E-state index contributed by atoms with van der Waals surface area (Å²) in [7, 11) is 0. The summed E-state index contributed by atoms with van der Waals surface area (Å²) in [5, 5.41) is 3.21. The van der Waals surface area contributed by atoms with Gasteiger partial charge in [0.15, 0.2) is 11.5 Å². The molecule has 3 heterocycles. The van der Waals surface area contributed by atoms with E-state index in [0.29, 0.717) is 38.5 Å². The monoisotopic (exact) mass is 497 g/mol. The number of hydrogen-bond donors (Lipinski definition) is 1. The van der Waals surface area contributed by atoms with Crippen LogP contribution in [0.4, 0.5) is 0 Å². The van der Waals surface area contributed by atoms with Crippen LogP contribution in [0.1, 0.15) is 89.7 Å². The summed E-state index contributed by atoms with van der Waals surface area (Å²) in [6, 6.07) is 6.05. The molecule has 3 fully saturated rings. The molecule has 1 aliphatic carbocycles. The first-order valence-electron chi connectivity index (χ1n) is 14.3. The summed E-state index contributed by atoms with van der Waals surface area (Å²) in [4.78, 5) is 31.9. The van der Waals surface area contributed by atoms with Crippen LogP contribution in [-0.4, -0.2) is 66.0 Å². The van der Waals surface area contributed by atoms with E-state index in [9.17, 15) is 9.59 Å². The lowest BCUT2D eigenvalue weighted by atomic mass is 9.78. The molecule has 7 nitrogen and oxygen atoms in total. The molecular weight excluding hydrogens is 454 g/mol. The molecule has 3 aliphatic heterocycles. The molecule has 5 rings (SSSR count). The number of ether oxygens (including phenoxy) is 2. The number of rotatable bonds is 7. The van der Waals surface area contributed by atoms with Gasteiger partial charge in [-0.1, -0.05) is 51.5 Å². The van der Waals surface area contributed by atoms with Crippen LogP contribution >= 0.6 is 0 Å². The Labute approximate surface area is 215 Å². The van der Waals surface area contributed by atoms with E-state index >= 15 is 0 Å². The highest BCUT2D eigenvalue weighted by Crippen LogP contribution is 2.39. The Bertz CT molecular complexity index is 936. The largest absolute Gasteiger partial charge is 0.486 e. The highest BCUT2D eigenvalue weighted by molar-refractivity contribution is 6.00. The van der Waals surface area contributed by atoms with Gasteiger partial charge in [-0.3, -0.25) is 14.5 Å². The van der Waals surface area contributed by atoms with Crippen molar-refractivity contribution in [1.29, 1.82) is 0 Å². The second-order valence-corrected chi connectivity index (χ2v) is 11.3. The summed E-state index contributed by atoms with van der Waals surface area (Å²) < 4.78 is 11.5. The van der Waals surface area contributed by atoms with Crippen LogP contribution < -0.4 is 14.8 Å². The number of nitrogens with zero attached hydrogens (tertiary/aromatic N) is 2. The maximum absolute atomic E-state index is 13.8. The highest BCUT2D eigenvalue weighted by Gasteiger charge is 2.53. The van der Waals surface area contributed by atoms with Crippen LogP contribution in [0, 0.1) is 5.92 Å². The van der Waals surface area contributed by atoms with E-state index < -0.39 is 5.54 Å². The smallest absolute Gasteiger partial charge is 0.246 e. The minimum atomic E-state index is -0.710. The Morgan fingerprint density at radius 2 is 1.78 bits per heavy atom. The number of carbonyl (C=O) groups is 2. The van der Waals surface area contributed by atoms with Gasteiger partial charge in [-0.25, -0.2) is 0 Å². The second-order valence-electron chi connectivity index (χ2n) is 11.3. The number of amides is 2. The molecule has 7 heteroatoms. The van der Waals surface area contributed by atoms with Gasteiger partial charge in [-0.15, -0.1) is 0 Å². The van der Waals surface area contributed by atoms with E-state index in [4.69, 9.17) is 9.47 Å². The molecule has 4 aliphatic rings. The molecule has 1 saturated carbocycles. The molecule has 1 aromatic carbocycles. The zero-order chi connectivity index (χ0) is 25.1. The van der Waals surface area contributed by atoms with Crippen molar-refractivity contribution in [3.63, 3.8) is 0 Å². The number of piperazine rings is 1. The maximum Gasteiger partial charge on any atom is 0.246 e. The van der Waals surface area contributed by atoms with Gasteiger partial charge in [0, 0.05) is 25.7 Å². The van der Waals surface area contributed by atoms with E-state index in [0.717, 1.165) is 43.9 Å². The van der Waals surface area contributed by atoms with Gasteiger partial charge < -0.3 is 19.7 Å². The van der Waals surface area contributed by atoms with Gasteiger partial charge >= 0.3 is 0 Å². The number of nitrogens with one attached hydrogen (secondary N) is 1. The van der Waals surface area contributed by atoms with Crippen LogP contribution in [-0.2, 0) is 9.59 Å². The lowest BCUT2D eigenvalue weighted by Crippen LogP contribution is -2.73. The Hall–Kier alpha value is -2.28. The third kappa shape index (κ3) is 4.96. The van der Waals surface area contributed by atoms with Crippen molar-refractivity contribution in [2.75, 3.05) is 32.8 Å². The summed E-state index contributed by atoms with van der Waals surface area (Å²) in [6.07, 6.45) is 10.3. The molecule has 2 amide bonds. The molecule has 1 spiro atoms. The molecule has 1 N–H and O–H groups in total. The van der Waals surface area contributed by atoms with Gasteiger partial charge in [-0.05, 0) is 56.2 Å². The minimum Gasteiger partial charge on any atom is -0.486 e. The lowest BCUT2D eigenvalue weighted by Gasteiger charge is -2.52. The second kappa shape index (κ2) is 11.0. The molecule has 0 bridgehead atoms. The quantitative estimate of drug-likeness (QED) is 0.603. The third-order valence-corrected chi connectivity index (χ3v) is 9.06. The van der Waals surface area contributed by atoms with E-state index in [1.165, 1.54) is 37.7 Å². The fraction of sp³-hybridized carbons (Fsp3) is 0.724. The molecule has 2 saturated heterocycles. The number of fused-ring (bicyclic) bond motifs is 1. The molecule has 0 radical (unpaired) electrons. The van der Waals surface area contributed by atoms with Crippen molar-refractivity contribution in [1.82, 2.24) is 15.1 Å².